The van der Waals surface area contributed by atoms with Crippen LogP contribution in [0, 0.1) is 11.8 Å². The first kappa shape index (κ1) is 12.5. The normalized spacial score (nSPS) is 27.1. The van der Waals surface area contributed by atoms with Crippen LogP contribution in [-0.4, -0.2) is 29.9 Å². The number of nitrogens with two attached hydrogens (primary N) is 1. The van der Waals surface area contributed by atoms with Crippen molar-refractivity contribution < 1.29 is 4.79 Å². The van der Waals surface area contributed by atoms with Gasteiger partial charge in [0.25, 0.3) is 0 Å². The molecule has 0 aromatic rings. The minimum Gasteiger partial charge on any atom is -0.341 e. The molecule has 0 aromatic heterocycles. The molecule has 15 heavy (non-hydrogen) atoms. The predicted octanol–water partition coefficient (Wildman–Crippen LogP) is 1.62. The van der Waals surface area contributed by atoms with Crippen molar-refractivity contribution >= 4 is 5.91 Å². The molecule has 1 saturated heterocycles. The van der Waals surface area contributed by atoms with E-state index in [1.54, 1.807) is 0 Å². The van der Waals surface area contributed by atoms with E-state index in [9.17, 15) is 4.79 Å². The number of nitrogens with zero attached hydrogens (tertiary/aromatic N) is 1. The molecule has 0 radical (unpaired) electrons. The third kappa shape index (κ3) is 2.94. The highest BCUT2D eigenvalue weighted by Crippen LogP contribution is 2.19. The van der Waals surface area contributed by atoms with Crippen molar-refractivity contribution in [1.82, 2.24) is 4.90 Å². The second-order valence-corrected chi connectivity index (χ2v) is 4.73. The van der Waals surface area contributed by atoms with Gasteiger partial charge < -0.3 is 10.6 Å². The molecule has 3 heteroatoms. The van der Waals surface area contributed by atoms with Gasteiger partial charge in [0.15, 0.2) is 0 Å². The van der Waals surface area contributed by atoms with Crippen LogP contribution in [0.3, 0.4) is 0 Å². The second kappa shape index (κ2) is 5.50. The molecule has 1 amide bonds. The Balaban J connectivity index is 2.53. The number of amides is 1. The highest BCUT2D eigenvalue weighted by atomic mass is 16.2. The van der Waals surface area contributed by atoms with Crippen LogP contribution in [-0.2, 0) is 4.79 Å². The Bertz CT molecular complexity index is 214. The Morgan fingerprint density at radius 1 is 1.47 bits per heavy atom. The van der Waals surface area contributed by atoms with Crippen LogP contribution in [0.5, 0.6) is 0 Å². The first-order chi connectivity index (χ1) is 7.10. The van der Waals surface area contributed by atoms with Gasteiger partial charge in [0.1, 0.15) is 0 Å². The number of hydrogen-bond acceptors (Lipinski definition) is 2. The smallest absolute Gasteiger partial charge is 0.225 e. The van der Waals surface area contributed by atoms with Gasteiger partial charge in [0.2, 0.25) is 5.91 Å². The monoisotopic (exact) mass is 212 g/mol. The van der Waals surface area contributed by atoms with Crippen molar-refractivity contribution in [2.75, 3.05) is 13.1 Å². The number of likely N-dealkylation sites (tertiary alicyclic amines) is 1. The average Bonchev–Trinajstić information content (AvgIpc) is 2.23. The van der Waals surface area contributed by atoms with E-state index in [0.717, 1.165) is 32.4 Å². The van der Waals surface area contributed by atoms with E-state index in [0.29, 0.717) is 11.8 Å². The Hall–Kier alpha value is -0.570. The van der Waals surface area contributed by atoms with Crippen molar-refractivity contribution in [3.8, 4) is 0 Å². The van der Waals surface area contributed by atoms with Crippen LogP contribution in [0.2, 0.25) is 0 Å². The molecule has 1 aliphatic rings. The molecule has 88 valence electrons. The molecule has 3 nitrogen and oxygen atoms in total. The maximum absolute atomic E-state index is 12.1. The molecule has 2 unspecified atom stereocenters. The summed E-state index contributed by atoms with van der Waals surface area (Å²) in [6.07, 6.45) is 2.93. The number of hydrogen-bond donors (Lipinski definition) is 1. The standard InChI is InChI=1S/C12H24N2O/c1-4-10(5-2)12(15)14-7-6-9(3)11(13)8-14/h9-11H,4-8,13H2,1-3H3. The molecule has 1 heterocycles. The largest absolute Gasteiger partial charge is 0.341 e. The lowest BCUT2D eigenvalue weighted by Gasteiger charge is -2.36. The highest BCUT2D eigenvalue weighted by molar-refractivity contribution is 5.78. The topological polar surface area (TPSA) is 46.3 Å². The van der Waals surface area contributed by atoms with Crippen LogP contribution in [0.4, 0.5) is 0 Å². The number of piperidine rings is 1. The van der Waals surface area contributed by atoms with E-state index >= 15 is 0 Å². The van der Waals surface area contributed by atoms with E-state index in [-0.39, 0.29) is 12.0 Å². The van der Waals surface area contributed by atoms with Gasteiger partial charge in [-0.15, -0.1) is 0 Å². The summed E-state index contributed by atoms with van der Waals surface area (Å²) >= 11 is 0. The van der Waals surface area contributed by atoms with Gasteiger partial charge in [-0.1, -0.05) is 20.8 Å². The molecular weight excluding hydrogens is 188 g/mol. The van der Waals surface area contributed by atoms with Crippen LogP contribution in [0.1, 0.15) is 40.0 Å². The lowest BCUT2D eigenvalue weighted by molar-refractivity contribution is -0.137. The van der Waals surface area contributed by atoms with Crippen molar-refractivity contribution in [2.24, 2.45) is 17.6 Å². The van der Waals surface area contributed by atoms with Crippen LogP contribution < -0.4 is 5.73 Å². The molecule has 1 aliphatic heterocycles. The minimum absolute atomic E-state index is 0.164. The zero-order chi connectivity index (χ0) is 11.4. The van der Waals surface area contributed by atoms with E-state index in [1.165, 1.54) is 0 Å². The molecular formula is C12H24N2O. The summed E-state index contributed by atoms with van der Waals surface area (Å²) in [4.78, 5) is 14.0. The summed E-state index contributed by atoms with van der Waals surface area (Å²) in [5.41, 5.74) is 6.00. The fourth-order valence-corrected chi connectivity index (χ4v) is 2.20. The lowest BCUT2D eigenvalue weighted by atomic mass is 9.92. The molecule has 0 bridgehead atoms. The fraction of sp³-hybridized carbons (Fsp3) is 0.917. The van der Waals surface area contributed by atoms with Gasteiger partial charge in [0, 0.05) is 25.0 Å². The maximum atomic E-state index is 12.1. The third-order valence-corrected chi connectivity index (χ3v) is 3.66. The zero-order valence-electron chi connectivity index (χ0n) is 10.2. The van der Waals surface area contributed by atoms with Gasteiger partial charge in [-0.25, -0.2) is 0 Å². The summed E-state index contributed by atoms with van der Waals surface area (Å²) in [6.45, 7) is 7.97. The Kier molecular flexibility index (Phi) is 4.58. The summed E-state index contributed by atoms with van der Waals surface area (Å²) in [6, 6.07) is 0.164. The quantitative estimate of drug-likeness (QED) is 0.772. The second-order valence-electron chi connectivity index (χ2n) is 4.73. The zero-order valence-corrected chi connectivity index (χ0v) is 10.2. The van der Waals surface area contributed by atoms with Crippen molar-refractivity contribution in [1.29, 1.82) is 0 Å². The van der Waals surface area contributed by atoms with Crippen molar-refractivity contribution in [3.05, 3.63) is 0 Å². The molecule has 2 atom stereocenters. The van der Waals surface area contributed by atoms with E-state index in [4.69, 9.17) is 5.73 Å². The van der Waals surface area contributed by atoms with E-state index in [1.807, 2.05) is 4.90 Å². The first-order valence-corrected chi connectivity index (χ1v) is 6.14. The molecule has 0 saturated carbocycles. The average molecular weight is 212 g/mol. The first-order valence-electron chi connectivity index (χ1n) is 6.14. The van der Waals surface area contributed by atoms with Crippen molar-refractivity contribution in [2.45, 2.75) is 46.1 Å². The molecule has 1 fully saturated rings. The SMILES string of the molecule is CCC(CC)C(=O)N1CCC(C)C(N)C1. The summed E-state index contributed by atoms with van der Waals surface area (Å²) < 4.78 is 0. The maximum Gasteiger partial charge on any atom is 0.225 e. The van der Waals surface area contributed by atoms with E-state index < -0.39 is 0 Å². The highest BCUT2D eigenvalue weighted by Gasteiger charge is 2.28. The van der Waals surface area contributed by atoms with Gasteiger partial charge in [-0.3, -0.25) is 4.79 Å². The van der Waals surface area contributed by atoms with Crippen LogP contribution in [0.25, 0.3) is 0 Å². The Labute approximate surface area is 93.0 Å². The van der Waals surface area contributed by atoms with Gasteiger partial charge in [-0.05, 0) is 25.2 Å². The van der Waals surface area contributed by atoms with Gasteiger partial charge in [-0.2, -0.15) is 0 Å². The van der Waals surface area contributed by atoms with E-state index in [2.05, 4.69) is 20.8 Å². The number of rotatable bonds is 3. The van der Waals surface area contributed by atoms with Gasteiger partial charge >= 0.3 is 0 Å². The number of carbonyl (C=O) groups is 1. The molecule has 1 rings (SSSR count). The predicted molar refractivity (Wildman–Crippen MR) is 62.4 cm³/mol. The molecule has 0 aromatic carbocycles. The Morgan fingerprint density at radius 3 is 2.53 bits per heavy atom. The summed E-state index contributed by atoms with van der Waals surface area (Å²) in [5.74, 6) is 1.06. The minimum atomic E-state index is 0.164. The van der Waals surface area contributed by atoms with Crippen LogP contribution >= 0.6 is 0 Å². The van der Waals surface area contributed by atoms with Crippen LogP contribution in [0.15, 0.2) is 0 Å². The number of carbonyl (C=O) groups excluding carboxylic acids is 1. The third-order valence-electron chi connectivity index (χ3n) is 3.66. The lowest BCUT2D eigenvalue weighted by Crippen LogP contribution is -2.51. The Morgan fingerprint density at radius 2 is 2.07 bits per heavy atom. The molecule has 2 N–H and O–H groups in total. The summed E-state index contributed by atoms with van der Waals surface area (Å²) in [7, 11) is 0. The summed E-state index contributed by atoms with van der Waals surface area (Å²) in [5, 5.41) is 0. The molecule has 0 aliphatic carbocycles. The van der Waals surface area contributed by atoms with Crippen molar-refractivity contribution in [3.63, 3.8) is 0 Å². The molecule has 0 spiro atoms. The fourth-order valence-electron chi connectivity index (χ4n) is 2.20. The van der Waals surface area contributed by atoms with Gasteiger partial charge in [0.05, 0.1) is 0 Å².